The zero-order valence-corrected chi connectivity index (χ0v) is 16.7. The molecule has 0 aliphatic heterocycles. The first-order chi connectivity index (χ1) is 12.2. The monoisotopic (exact) mass is 352 g/mol. The maximum Gasteiger partial charge on any atom is 0.155 e. The molecule has 0 N–H and O–H groups in total. The van der Waals surface area contributed by atoms with Crippen molar-refractivity contribution in [1.29, 1.82) is 0 Å². The zero-order valence-electron chi connectivity index (χ0n) is 16.7. The second-order valence-electron chi connectivity index (χ2n) is 10.1. The molecule has 0 radical (unpaired) electrons. The Morgan fingerprint density at radius 2 is 1.88 bits per heavy atom. The van der Waals surface area contributed by atoms with Crippen molar-refractivity contribution < 1.29 is 9.59 Å². The van der Waals surface area contributed by atoms with Crippen molar-refractivity contribution in [3.8, 4) is 12.3 Å². The van der Waals surface area contributed by atoms with E-state index in [1.807, 2.05) is 6.08 Å². The molecule has 4 aliphatic rings. The Kier molecular flexibility index (Phi) is 3.86. The van der Waals surface area contributed by atoms with E-state index in [1.165, 1.54) is 5.57 Å². The summed E-state index contributed by atoms with van der Waals surface area (Å²) in [7, 11) is 0. The number of fused-ring (bicyclic) bond motifs is 5. The van der Waals surface area contributed by atoms with Crippen LogP contribution in [0.25, 0.3) is 0 Å². The van der Waals surface area contributed by atoms with Gasteiger partial charge in [0.15, 0.2) is 5.78 Å². The van der Waals surface area contributed by atoms with E-state index >= 15 is 0 Å². The number of hydrogen-bond donors (Lipinski definition) is 0. The van der Waals surface area contributed by atoms with Gasteiger partial charge in [0.25, 0.3) is 0 Å². The molecule has 4 aliphatic carbocycles. The Balaban J connectivity index is 1.75. The largest absolute Gasteiger partial charge is 0.298 e. The third-order valence-electron chi connectivity index (χ3n) is 9.32. The second kappa shape index (κ2) is 5.57. The van der Waals surface area contributed by atoms with Crippen LogP contribution in [-0.4, -0.2) is 11.6 Å². The predicted molar refractivity (Wildman–Crippen MR) is 103 cm³/mol. The highest BCUT2D eigenvalue weighted by atomic mass is 16.1. The number of carbonyl (C=O) groups excluding carboxylic acids is 2. The number of terminal acetylenes is 1. The molecule has 0 amide bonds. The lowest BCUT2D eigenvalue weighted by molar-refractivity contribution is -0.135. The number of carbonyl (C=O) groups is 2. The van der Waals surface area contributed by atoms with Gasteiger partial charge in [-0.1, -0.05) is 32.3 Å². The van der Waals surface area contributed by atoms with E-state index in [0.717, 1.165) is 38.5 Å². The Labute approximate surface area is 158 Å². The molecule has 3 saturated carbocycles. The number of Topliss-reactive ketones (excluding diaryl/α,β-unsaturated/α-hetero) is 1. The molecule has 140 valence electrons. The Bertz CT molecular complexity index is 740. The van der Waals surface area contributed by atoms with Crippen molar-refractivity contribution in [3.05, 3.63) is 11.6 Å². The zero-order chi connectivity index (χ0) is 18.9. The third-order valence-corrected chi connectivity index (χ3v) is 9.32. The maximum absolute atomic E-state index is 12.6. The van der Waals surface area contributed by atoms with Gasteiger partial charge in [0, 0.05) is 6.42 Å². The Morgan fingerprint density at radius 3 is 2.54 bits per heavy atom. The molecule has 3 fully saturated rings. The molecule has 0 aromatic carbocycles. The van der Waals surface area contributed by atoms with Gasteiger partial charge in [-0.15, -0.1) is 6.42 Å². The Morgan fingerprint density at radius 1 is 1.19 bits per heavy atom. The fourth-order valence-electron chi connectivity index (χ4n) is 7.94. The number of allylic oxidation sites excluding steroid dienone is 1. The van der Waals surface area contributed by atoms with Crippen LogP contribution in [0, 0.1) is 52.3 Å². The molecule has 0 heterocycles. The minimum Gasteiger partial charge on any atom is -0.298 e. The minimum atomic E-state index is -0.564. The van der Waals surface area contributed by atoms with Crippen LogP contribution in [-0.2, 0) is 9.59 Å². The quantitative estimate of drug-likeness (QED) is 0.624. The maximum atomic E-state index is 12.6. The summed E-state index contributed by atoms with van der Waals surface area (Å²) in [6.07, 6.45) is 14.9. The fraction of sp³-hybridized carbons (Fsp3) is 0.750. The average molecular weight is 353 g/mol. The molecule has 26 heavy (non-hydrogen) atoms. The number of ketones is 2. The highest BCUT2D eigenvalue weighted by Crippen LogP contribution is 2.70. The van der Waals surface area contributed by atoms with Gasteiger partial charge in [-0.05, 0) is 86.0 Å². The van der Waals surface area contributed by atoms with E-state index < -0.39 is 5.41 Å². The third kappa shape index (κ3) is 2.01. The summed E-state index contributed by atoms with van der Waals surface area (Å²) in [4.78, 5) is 24.7. The van der Waals surface area contributed by atoms with E-state index in [-0.39, 0.29) is 16.6 Å². The van der Waals surface area contributed by atoms with Crippen LogP contribution in [0.2, 0.25) is 0 Å². The molecule has 0 spiro atoms. The van der Waals surface area contributed by atoms with E-state index in [0.29, 0.717) is 35.9 Å². The number of rotatable bonds is 1. The van der Waals surface area contributed by atoms with Crippen LogP contribution >= 0.6 is 0 Å². The first kappa shape index (κ1) is 18.0. The SMILES string of the molecule is C#C[C@]1(C(C)=O)CC[C@H]2[C@@H]3CC(C)C4=CC(=O)CC[C@]4(C)[C@H]3CC[C@@]21C. The van der Waals surface area contributed by atoms with Gasteiger partial charge in [0.2, 0.25) is 0 Å². The molecule has 0 saturated heterocycles. The first-order valence-corrected chi connectivity index (χ1v) is 10.4. The van der Waals surface area contributed by atoms with Crippen LogP contribution < -0.4 is 0 Å². The van der Waals surface area contributed by atoms with Gasteiger partial charge in [0.05, 0.1) is 5.41 Å². The van der Waals surface area contributed by atoms with Crippen LogP contribution in [0.5, 0.6) is 0 Å². The summed E-state index contributed by atoms with van der Waals surface area (Å²) in [6.45, 7) is 8.73. The molecular weight excluding hydrogens is 320 g/mol. The van der Waals surface area contributed by atoms with E-state index in [1.54, 1.807) is 6.92 Å². The van der Waals surface area contributed by atoms with Crippen LogP contribution in [0.4, 0.5) is 0 Å². The van der Waals surface area contributed by atoms with E-state index in [2.05, 4.69) is 26.7 Å². The predicted octanol–water partition coefficient (Wildman–Crippen LogP) is 4.97. The molecule has 0 aromatic heterocycles. The topological polar surface area (TPSA) is 34.1 Å². The van der Waals surface area contributed by atoms with Crippen LogP contribution in [0.1, 0.15) is 72.6 Å². The molecule has 2 nitrogen and oxygen atoms in total. The second-order valence-corrected chi connectivity index (χ2v) is 10.1. The molecule has 1 unspecified atom stereocenters. The smallest absolute Gasteiger partial charge is 0.155 e. The molecule has 0 bridgehead atoms. The van der Waals surface area contributed by atoms with Crippen molar-refractivity contribution >= 4 is 11.6 Å². The van der Waals surface area contributed by atoms with Crippen LogP contribution in [0.15, 0.2) is 11.6 Å². The minimum absolute atomic E-state index is 0.0590. The summed E-state index contributed by atoms with van der Waals surface area (Å²) in [6, 6.07) is 0. The van der Waals surface area contributed by atoms with Crippen molar-refractivity contribution in [3.63, 3.8) is 0 Å². The summed E-state index contributed by atoms with van der Waals surface area (Å²) in [5.74, 6) is 5.77. The van der Waals surface area contributed by atoms with Gasteiger partial charge in [-0.3, -0.25) is 9.59 Å². The summed E-state index contributed by atoms with van der Waals surface area (Å²) < 4.78 is 0. The van der Waals surface area contributed by atoms with Gasteiger partial charge < -0.3 is 0 Å². The molecule has 4 rings (SSSR count). The molecule has 0 aromatic rings. The van der Waals surface area contributed by atoms with Crippen molar-refractivity contribution in [2.75, 3.05) is 0 Å². The standard InChI is InChI=1S/C24H32O2/c1-6-24(16(3)25)12-9-20-18-13-15(2)21-14-17(26)7-10-22(21,4)19(18)8-11-23(20,24)5/h1,14-15,18-20H,7-13H2,2-5H3/t15?,18-,19+,20+,22-,23+,24-/m1/s1. The van der Waals surface area contributed by atoms with Crippen molar-refractivity contribution in [2.24, 2.45) is 39.9 Å². The average Bonchev–Trinajstić information content (AvgIpc) is 2.90. The van der Waals surface area contributed by atoms with E-state index in [4.69, 9.17) is 6.42 Å². The summed E-state index contributed by atoms with van der Waals surface area (Å²) in [5.41, 5.74) is 0.948. The fourth-order valence-corrected chi connectivity index (χ4v) is 7.94. The molecule has 7 atom stereocenters. The van der Waals surface area contributed by atoms with E-state index in [9.17, 15) is 9.59 Å². The van der Waals surface area contributed by atoms with Gasteiger partial charge in [0.1, 0.15) is 5.78 Å². The Hall–Kier alpha value is -1.36. The lowest BCUT2D eigenvalue weighted by Crippen LogP contribution is -2.55. The highest BCUT2D eigenvalue weighted by Gasteiger charge is 2.65. The normalized spacial score (nSPS) is 50.1. The summed E-state index contributed by atoms with van der Waals surface area (Å²) >= 11 is 0. The lowest BCUT2D eigenvalue weighted by atomic mass is 9.43. The van der Waals surface area contributed by atoms with Gasteiger partial charge in [-0.2, -0.15) is 0 Å². The number of hydrogen-bond acceptors (Lipinski definition) is 2. The molecular formula is C24H32O2. The summed E-state index contributed by atoms with van der Waals surface area (Å²) in [5, 5.41) is 0. The van der Waals surface area contributed by atoms with Crippen molar-refractivity contribution in [1.82, 2.24) is 0 Å². The van der Waals surface area contributed by atoms with Crippen LogP contribution in [0.3, 0.4) is 0 Å². The van der Waals surface area contributed by atoms with Crippen molar-refractivity contribution in [2.45, 2.75) is 72.6 Å². The molecule has 2 heteroatoms. The highest BCUT2D eigenvalue weighted by molar-refractivity contribution is 5.91. The lowest BCUT2D eigenvalue weighted by Gasteiger charge is -2.60. The van der Waals surface area contributed by atoms with Gasteiger partial charge >= 0.3 is 0 Å². The van der Waals surface area contributed by atoms with Gasteiger partial charge in [-0.25, -0.2) is 0 Å². The first-order valence-electron chi connectivity index (χ1n) is 10.4.